The van der Waals surface area contributed by atoms with Crippen LogP contribution in [0.3, 0.4) is 0 Å². The Labute approximate surface area is 182 Å². The summed E-state index contributed by atoms with van der Waals surface area (Å²) in [6.07, 6.45) is -0.842. The molecular formula is C22H20N4O6. The smallest absolute Gasteiger partial charge is 0.412 e. The van der Waals surface area contributed by atoms with Gasteiger partial charge in [-0.1, -0.05) is 48.5 Å². The SMILES string of the molecule is CC(C(=O)O)N(C)C(=O)c1nonc1NC(=O)OCC1c2ccccc2-c2ccccc21. The Morgan fingerprint density at radius 2 is 1.69 bits per heavy atom. The standard InChI is InChI=1S/C22H20N4O6/c1-12(21(28)29)26(2)20(27)18-19(25-32-24-18)23-22(30)31-11-17-15-9-5-3-7-13(15)14-8-4-6-10-16(14)17/h3-10,12,17H,11H2,1-2H3,(H,28,29)(H,23,25,30). The van der Waals surface area contributed by atoms with Crippen LogP contribution in [0.5, 0.6) is 0 Å². The van der Waals surface area contributed by atoms with Crippen molar-refractivity contribution in [3.05, 3.63) is 65.4 Å². The maximum atomic E-state index is 12.5. The zero-order valence-electron chi connectivity index (χ0n) is 17.3. The number of fused-ring (bicyclic) bond motifs is 3. The Kier molecular flexibility index (Phi) is 5.59. The van der Waals surface area contributed by atoms with E-state index in [1.807, 2.05) is 48.5 Å². The summed E-state index contributed by atoms with van der Waals surface area (Å²) in [7, 11) is 1.30. The van der Waals surface area contributed by atoms with Gasteiger partial charge in [0.1, 0.15) is 12.6 Å². The van der Waals surface area contributed by atoms with Gasteiger partial charge in [0.05, 0.1) is 0 Å². The summed E-state index contributed by atoms with van der Waals surface area (Å²) >= 11 is 0. The zero-order chi connectivity index (χ0) is 22.8. The van der Waals surface area contributed by atoms with E-state index in [-0.39, 0.29) is 24.0 Å². The molecule has 2 aromatic carbocycles. The molecule has 2 N–H and O–H groups in total. The van der Waals surface area contributed by atoms with Gasteiger partial charge in [0, 0.05) is 13.0 Å². The number of aliphatic carboxylic acids is 1. The molecule has 1 aromatic heterocycles. The first-order valence-electron chi connectivity index (χ1n) is 9.83. The second kappa shape index (κ2) is 8.50. The summed E-state index contributed by atoms with van der Waals surface area (Å²) < 4.78 is 9.98. The lowest BCUT2D eigenvalue weighted by atomic mass is 9.98. The van der Waals surface area contributed by atoms with Gasteiger partial charge in [0.25, 0.3) is 5.91 Å². The lowest BCUT2D eigenvalue weighted by Gasteiger charge is -2.20. The van der Waals surface area contributed by atoms with E-state index in [1.165, 1.54) is 14.0 Å². The third kappa shape index (κ3) is 3.78. The highest BCUT2D eigenvalue weighted by atomic mass is 16.6. The van der Waals surface area contributed by atoms with Crippen molar-refractivity contribution in [3.63, 3.8) is 0 Å². The minimum absolute atomic E-state index is 0.0738. The van der Waals surface area contributed by atoms with Crippen LogP contribution in [0, 0.1) is 0 Å². The van der Waals surface area contributed by atoms with Gasteiger partial charge in [-0.15, -0.1) is 0 Å². The fourth-order valence-corrected chi connectivity index (χ4v) is 3.65. The van der Waals surface area contributed by atoms with Crippen molar-refractivity contribution in [2.45, 2.75) is 18.9 Å². The minimum atomic E-state index is -1.19. The Morgan fingerprint density at radius 1 is 1.09 bits per heavy atom. The number of hydrogen-bond acceptors (Lipinski definition) is 7. The van der Waals surface area contributed by atoms with Crippen molar-refractivity contribution >= 4 is 23.8 Å². The highest BCUT2D eigenvalue weighted by Crippen LogP contribution is 2.44. The second-order valence-corrected chi connectivity index (χ2v) is 7.34. The largest absolute Gasteiger partial charge is 0.480 e. The Bertz CT molecular complexity index is 1140. The van der Waals surface area contributed by atoms with E-state index in [4.69, 9.17) is 9.84 Å². The summed E-state index contributed by atoms with van der Waals surface area (Å²) in [5, 5.41) is 18.4. The van der Waals surface area contributed by atoms with Crippen molar-refractivity contribution < 1.29 is 28.9 Å². The third-order valence-corrected chi connectivity index (χ3v) is 5.51. The molecule has 2 amide bonds. The Morgan fingerprint density at radius 3 is 2.28 bits per heavy atom. The van der Waals surface area contributed by atoms with E-state index in [2.05, 4.69) is 20.3 Å². The predicted octanol–water partition coefficient (Wildman–Crippen LogP) is 2.98. The number of hydrogen-bond donors (Lipinski definition) is 2. The van der Waals surface area contributed by atoms with Crippen LogP contribution in [-0.2, 0) is 9.53 Å². The normalized spacial score (nSPS) is 13.1. The molecule has 0 radical (unpaired) electrons. The highest BCUT2D eigenvalue weighted by Gasteiger charge is 2.31. The number of likely N-dealkylation sites (N-methyl/N-ethyl adjacent to an activating group) is 1. The molecule has 3 aromatic rings. The van der Waals surface area contributed by atoms with Gasteiger partial charge in [0.15, 0.2) is 0 Å². The van der Waals surface area contributed by atoms with Gasteiger partial charge < -0.3 is 14.7 Å². The molecule has 10 heteroatoms. The highest BCUT2D eigenvalue weighted by molar-refractivity contribution is 6.00. The van der Waals surface area contributed by atoms with Gasteiger partial charge in [-0.05, 0) is 39.5 Å². The minimum Gasteiger partial charge on any atom is -0.480 e. The molecule has 1 aliphatic carbocycles. The van der Waals surface area contributed by atoms with Crippen LogP contribution >= 0.6 is 0 Å². The molecule has 10 nitrogen and oxygen atoms in total. The average molecular weight is 436 g/mol. The van der Waals surface area contributed by atoms with E-state index in [0.29, 0.717) is 0 Å². The number of benzene rings is 2. The number of anilines is 1. The van der Waals surface area contributed by atoms with Gasteiger partial charge in [-0.25, -0.2) is 14.2 Å². The topological polar surface area (TPSA) is 135 Å². The van der Waals surface area contributed by atoms with Crippen molar-refractivity contribution in [2.24, 2.45) is 0 Å². The molecule has 0 bridgehead atoms. The first kappa shape index (κ1) is 21.0. The number of amides is 2. The van der Waals surface area contributed by atoms with Gasteiger partial charge in [-0.2, -0.15) is 0 Å². The molecule has 0 saturated heterocycles. The fourth-order valence-electron chi connectivity index (χ4n) is 3.65. The first-order valence-corrected chi connectivity index (χ1v) is 9.83. The number of nitrogens with zero attached hydrogens (tertiary/aromatic N) is 3. The Balaban J connectivity index is 1.45. The molecule has 32 heavy (non-hydrogen) atoms. The van der Waals surface area contributed by atoms with Crippen LogP contribution in [0.1, 0.15) is 34.5 Å². The quantitative estimate of drug-likeness (QED) is 0.602. The van der Waals surface area contributed by atoms with E-state index in [0.717, 1.165) is 27.2 Å². The Hall–Kier alpha value is -4.21. The molecule has 1 heterocycles. The molecule has 1 unspecified atom stereocenters. The molecule has 1 aliphatic rings. The number of carboxylic acids is 1. The molecule has 0 saturated carbocycles. The van der Waals surface area contributed by atoms with Crippen molar-refractivity contribution in [1.82, 2.24) is 15.2 Å². The summed E-state index contributed by atoms with van der Waals surface area (Å²) in [6, 6.07) is 14.7. The first-order chi connectivity index (χ1) is 15.4. The molecular weight excluding hydrogens is 416 g/mol. The van der Waals surface area contributed by atoms with Crippen LogP contribution in [0.4, 0.5) is 10.6 Å². The fraction of sp³-hybridized carbons (Fsp3) is 0.227. The number of aromatic nitrogens is 2. The average Bonchev–Trinajstić information content (AvgIpc) is 3.38. The summed E-state index contributed by atoms with van der Waals surface area (Å²) in [5.41, 5.74) is 3.99. The molecule has 0 fully saturated rings. The van der Waals surface area contributed by atoms with Crippen LogP contribution in [0.25, 0.3) is 11.1 Å². The van der Waals surface area contributed by atoms with Crippen molar-refractivity contribution in [1.29, 1.82) is 0 Å². The molecule has 0 aliphatic heterocycles. The van der Waals surface area contributed by atoms with Gasteiger partial charge in [-0.3, -0.25) is 10.1 Å². The lowest BCUT2D eigenvalue weighted by molar-refractivity contribution is -0.141. The van der Waals surface area contributed by atoms with Crippen LogP contribution in [-0.4, -0.2) is 58.0 Å². The predicted molar refractivity (Wildman–Crippen MR) is 112 cm³/mol. The van der Waals surface area contributed by atoms with Gasteiger partial charge >= 0.3 is 12.1 Å². The molecule has 1 atom stereocenters. The van der Waals surface area contributed by atoms with Crippen LogP contribution in [0.2, 0.25) is 0 Å². The summed E-state index contributed by atoms with van der Waals surface area (Å²) in [4.78, 5) is 37.0. The van der Waals surface area contributed by atoms with E-state index >= 15 is 0 Å². The second-order valence-electron chi connectivity index (χ2n) is 7.34. The molecule has 4 rings (SSSR count). The maximum Gasteiger partial charge on any atom is 0.412 e. The van der Waals surface area contributed by atoms with Crippen molar-refractivity contribution in [3.8, 4) is 11.1 Å². The van der Waals surface area contributed by atoms with Crippen LogP contribution < -0.4 is 5.32 Å². The van der Waals surface area contributed by atoms with E-state index < -0.39 is 24.0 Å². The van der Waals surface area contributed by atoms with E-state index in [1.54, 1.807) is 0 Å². The van der Waals surface area contributed by atoms with Crippen molar-refractivity contribution in [2.75, 3.05) is 19.0 Å². The number of rotatable bonds is 6. The number of nitrogens with one attached hydrogen (secondary N) is 1. The lowest BCUT2D eigenvalue weighted by Crippen LogP contribution is -2.40. The third-order valence-electron chi connectivity index (χ3n) is 5.51. The summed E-state index contributed by atoms with van der Waals surface area (Å²) in [6.45, 7) is 1.41. The van der Waals surface area contributed by atoms with E-state index in [9.17, 15) is 14.4 Å². The monoisotopic (exact) mass is 436 g/mol. The maximum absolute atomic E-state index is 12.5. The molecule has 0 spiro atoms. The summed E-state index contributed by atoms with van der Waals surface area (Å²) in [5.74, 6) is -2.35. The van der Waals surface area contributed by atoms with Gasteiger partial charge in [0.2, 0.25) is 11.5 Å². The number of carbonyl (C=O) groups is 3. The van der Waals surface area contributed by atoms with Crippen LogP contribution in [0.15, 0.2) is 53.2 Å². The molecule has 164 valence electrons. The number of carbonyl (C=O) groups excluding carboxylic acids is 2. The number of carboxylic acid groups (broad SMARTS) is 1. The zero-order valence-corrected chi connectivity index (χ0v) is 17.3. The number of ether oxygens (including phenoxy) is 1.